The first kappa shape index (κ1) is 24.0. The van der Waals surface area contributed by atoms with Crippen LogP contribution in [0.15, 0.2) is 30.3 Å². The van der Waals surface area contributed by atoms with Gasteiger partial charge in [-0.3, -0.25) is 9.59 Å². The molecular weight excluding hydrogens is 539 g/mol. The van der Waals surface area contributed by atoms with Gasteiger partial charge in [-0.1, -0.05) is 81.1 Å². The second-order valence-electron chi connectivity index (χ2n) is 7.34. The molecule has 11 heteroatoms. The van der Waals surface area contributed by atoms with Gasteiger partial charge in [0.15, 0.2) is 0 Å². The normalized spacial score (nSPS) is 28.0. The number of ether oxygens (including phenoxy) is 1. The number of nitrogens with one attached hydrogen (secondary N) is 1. The average molecular weight is 559 g/mol. The van der Waals surface area contributed by atoms with Crippen LogP contribution in [-0.2, 0) is 25.5 Å². The zero-order valence-corrected chi connectivity index (χ0v) is 20.6. The molecule has 3 rings (SSSR count). The fraction of sp³-hybridized carbons (Fsp3) is 0.526. The van der Waals surface area contributed by atoms with E-state index in [1.54, 1.807) is 0 Å². The minimum atomic E-state index is -1.74. The van der Waals surface area contributed by atoms with Gasteiger partial charge < -0.3 is 15.0 Å². The van der Waals surface area contributed by atoms with E-state index < -0.39 is 33.2 Å². The molecule has 1 aromatic carbocycles. The fourth-order valence-corrected chi connectivity index (χ4v) is 6.66. The highest BCUT2D eigenvalue weighted by Crippen LogP contribution is 2.53. The number of halogens is 4. The predicted octanol–water partition coefficient (Wildman–Crippen LogP) is 3.45. The van der Waals surface area contributed by atoms with Crippen LogP contribution in [0.3, 0.4) is 0 Å². The van der Waals surface area contributed by atoms with Crippen LogP contribution in [-0.4, -0.2) is 60.6 Å². The second kappa shape index (κ2) is 9.45. The van der Waals surface area contributed by atoms with Crippen molar-refractivity contribution >= 4 is 80.3 Å². The van der Waals surface area contributed by atoms with Crippen LogP contribution < -0.4 is 5.32 Å². The number of hydrogen-bond acceptors (Lipinski definition) is 5. The third-order valence-corrected chi connectivity index (χ3v) is 7.47. The molecular formula is C19H20BrCl3N2O4S. The summed E-state index contributed by atoms with van der Waals surface area (Å²) in [6.45, 7) is 1.49. The number of β-lactam (4-membered cyclic amide) rings is 1. The molecule has 6 nitrogen and oxygen atoms in total. The van der Waals surface area contributed by atoms with Crippen LogP contribution >= 0.6 is 62.5 Å². The molecule has 2 fully saturated rings. The van der Waals surface area contributed by atoms with Crippen molar-refractivity contribution in [3.05, 3.63) is 35.9 Å². The lowest BCUT2D eigenvalue weighted by atomic mass is 9.92. The van der Waals surface area contributed by atoms with E-state index in [9.17, 15) is 14.4 Å². The Morgan fingerprint density at radius 3 is 2.57 bits per heavy atom. The summed E-state index contributed by atoms with van der Waals surface area (Å²) >= 11 is 21.9. The smallest absolute Gasteiger partial charge is 0.330 e. The number of esters is 1. The van der Waals surface area contributed by atoms with E-state index in [0.717, 1.165) is 5.56 Å². The van der Waals surface area contributed by atoms with E-state index >= 15 is 0 Å². The minimum absolute atomic E-state index is 0.176. The maximum absolute atomic E-state index is 12.8. The standard InChI is InChI=1S/C19H20BrCl3N2O4S/c1-18(7-8-20)14(17(28)29-10-19(21,22)23)25-15(27)13(16(25)30-18)24-12(26)9-11-5-3-2-4-6-11/h2-6,13-14,16H,7-10H2,1H3,(H,24,26)/t13?,14?,16-,18?/m1/s1. The summed E-state index contributed by atoms with van der Waals surface area (Å²) in [6.07, 6.45) is 0.783. The third kappa shape index (κ3) is 5.21. The van der Waals surface area contributed by atoms with Gasteiger partial charge in [0.05, 0.1) is 6.42 Å². The molecule has 0 saturated carbocycles. The molecule has 2 heterocycles. The van der Waals surface area contributed by atoms with Gasteiger partial charge in [-0.2, -0.15) is 0 Å². The molecule has 164 valence electrons. The Balaban J connectivity index is 1.70. The van der Waals surface area contributed by atoms with E-state index in [2.05, 4.69) is 21.2 Å². The number of thioether (sulfide) groups is 1. The van der Waals surface area contributed by atoms with E-state index in [1.807, 2.05) is 37.3 Å². The molecule has 0 aromatic heterocycles. The lowest BCUT2D eigenvalue weighted by Gasteiger charge is -2.44. The van der Waals surface area contributed by atoms with Crippen molar-refractivity contribution in [2.45, 2.75) is 45.8 Å². The number of alkyl halides is 4. The highest BCUT2D eigenvalue weighted by atomic mass is 79.9. The van der Waals surface area contributed by atoms with Gasteiger partial charge in [-0.25, -0.2) is 4.79 Å². The third-order valence-electron chi connectivity index (χ3n) is 5.04. The molecule has 3 unspecified atom stereocenters. The largest absolute Gasteiger partial charge is 0.460 e. The van der Waals surface area contributed by atoms with E-state index in [0.29, 0.717) is 11.8 Å². The molecule has 1 aromatic rings. The maximum atomic E-state index is 12.8. The van der Waals surface area contributed by atoms with Crippen molar-refractivity contribution in [2.24, 2.45) is 0 Å². The van der Waals surface area contributed by atoms with Gasteiger partial charge in [0, 0.05) is 10.1 Å². The predicted molar refractivity (Wildman–Crippen MR) is 122 cm³/mol. The quantitative estimate of drug-likeness (QED) is 0.315. The van der Waals surface area contributed by atoms with Crippen LogP contribution in [0.1, 0.15) is 18.9 Å². The summed E-state index contributed by atoms with van der Waals surface area (Å²) in [5, 5.41) is 3.08. The van der Waals surface area contributed by atoms with E-state index in [1.165, 1.54) is 16.7 Å². The number of amides is 2. The Kier molecular flexibility index (Phi) is 7.55. The first-order valence-corrected chi connectivity index (χ1v) is 12.3. The number of benzene rings is 1. The van der Waals surface area contributed by atoms with Gasteiger partial charge in [-0.15, -0.1) is 11.8 Å². The van der Waals surface area contributed by atoms with Crippen molar-refractivity contribution in [2.75, 3.05) is 11.9 Å². The van der Waals surface area contributed by atoms with E-state index in [-0.39, 0.29) is 23.6 Å². The molecule has 30 heavy (non-hydrogen) atoms. The Morgan fingerprint density at radius 1 is 1.30 bits per heavy atom. The van der Waals surface area contributed by atoms with Crippen molar-refractivity contribution < 1.29 is 19.1 Å². The number of nitrogens with zero attached hydrogens (tertiary/aromatic N) is 1. The number of carbonyl (C=O) groups excluding carboxylic acids is 3. The number of carbonyl (C=O) groups is 3. The lowest BCUT2D eigenvalue weighted by molar-refractivity contribution is -0.164. The molecule has 0 aliphatic carbocycles. The van der Waals surface area contributed by atoms with Crippen molar-refractivity contribution in [1.29, 1.82) is 0 Å². The van der Waals surface area contributed by atoms with Crippen LogP contribution in [0.2, 0.25) is 0 Å². The van der Waals surface area contributed by atoms with Crippen LogP contribution in [0, 0.1) is 0 Å². The van der Waals surface area contributed by atoms with Crippen LogP contribution in [0.5, 0.6) is 0 Å². The highest BCUT2D eigenvalue weighted by molar-refractivity contribution is 9.09. The summed E-state index contributed by atoms with van der Waals surface area (Å²) in [6, 6.07) is 7.76. The SMILES string of the molecule is CC1(CCBr)S[C@@H]2C(NC(=O)Cc3ccccc3)C(=O)N2C1C(=O)OCC(Cl)(Cl)Cl. The lowest BCUT2D eigenvalue weighted by Crippen LogP contribution is -2.71. The first-order valence-electron chi connectivity index (χ1n) is 9.18. The van der Waals surface area contributed by atoms with Crippen molar-refractivity contribution in [3.8, 4) is 0 Å². The van der Waals surface area contributed by atoms with Gasteiger partial charge in [0.25, 0.3) is 0 Å². The summed E-state index contributed by atoms with van der Waals surface area (Å²) in [4.78, 5) is 39.5. The zero-order valence-electron chi connectivity index (χ0n) is 15.9. The number of hydrogen-bond donors (Lipinski definition) is 1. The van der Waals surface area contributed by atoms with Crippen LogP contribution in [0.4, 0.5) is 0 Å². The van der Waals surface area contributed by atoms with Gasteiger partial charge >= 0.3 is 5.97 Å². The molecule has 2 saturated heterocycles. The summed E-state index contributed by atoms with van der Waals surface area (Å²) in [5.74, 6) is -1.19. The van der Waals surface area contributed by atoms with Gasteiger partial charge in [-0.05, 0) is 18.9 Å². The molecule has 4 atom stereocenters. The Bertz CT molecular complexity index is 826. The fourth-order valence-electron chi connectivity index (χ4n) is 3.64. The van der Waals surface area contributed by atoms with E-state index in [4.69, 9.17) is 39.5 Å². The summed E-state index contributed by atoms with van der Waals surface area (Å²) in [5.41, 5.74) is 0.856. The molecule has 2 aliphatic rings. The Labute approximate surface area is 202 Å². The molecule has 2 amide bonds. The summed E-state index contributed by atoms with van der Waals surface area (Å²) in [7, 11) is 0. The maximum Gasteiger partial charge on any atom is 0.330 e. The molecule has 0 radical (unpaired) electrons. The molecule has 1 N–H and O–H groups in total. The van der Waals surface area contributed by atoms with Gasteiger partial charge in [0.2, 0.25) is 15.6 Å². The topological polar surface area (TPSA) is 75.7 Å². The monoisotopic (exact) mass is 556 g/mol. The molecule has 2 aliphatic heterocycles. The first-order chi connectivity index (χ1) is 14.1. The Hall–Kier alpha value is -0.670. The highest BCUT2D eigenvalue weighted by Gasteiger charge is 2.65. The van der Waals surface area contributed by atoms with Crippen LogP contribution in [0.25, 0.3) is 0 Å². The Morgan fingerprint density at radius 2 is 1.97 bits per heavy atom. The molecule has 0 bridgehead atoms. The van der Waals surface area contributed by atoms with Crippen molar-refractivity contribution in [1.82, 2.24) is 10.2 Å². The van der Waals surface area contributed by atoms with Crippen molar-refractivity contribution in [3.63, 3.8) is 0 Å². The second-order valence-corrected chi connectivity index (χ2v) is 12.3. The average Bonchev–Trinajstić information content (AvgIpc) is 2.94. The number of rotatable bonds is 7. The molecule has 0 spiro atoms. The minimum Gasteiger partial charge on any atom is -0.460 e. The van der Waals surface area contributed by atoms with Gasteiger partial charge in [0.1, 0.15) is 24.1 Å². The number of fused-ring (bicyclic) bond motifs is 1. The summed E-state index contributed by atoms with van der Waals surface area (Å²) < 4.78 is 2.84. The zero-order chi connectivity index (χ0) is 22.1.